The lowest BCUT2D eigenvalue weighted by atomic mass is 10.1. The van der Waals surface area contributed by atoms with Crippen LogP contribution < -0.4 is 10.2 Å². The minimum atomic E-state index is -0.137. The Labute approximate surface area is 130 Å². The van der Waals surface area contributed by atoms with Crippen LogP contribution in [0.4, 0.5) is 5.69 Å². The molecule has 0 saturated carbocycles. The van der Waals surface area contributed by atoms with E-state index in [0.717, 1.165) is 19.5 Å². The first kappa shape index (κ1) is 15.0. The Hall–Kier alpha value is -1.92. The maximum absolute atomic E-state index is 12.5. The highest BCUT2D eigenvalue weighted by molar-refractivity contribution is 6.05. The van der Waals surface area contributed by atoms with Crippen molar-refractivity contribution in [2.75, 3.05) is 44.4 Å². The van der Waals surface area contributed by atoms with Crippen LogP contribution in [0.25, 0.3) is 0 Å². The lowest BCUT2D eigenvalue weighted by molar-refractivity contribution is -0.117. The van der Waals surface area contributed by atoms with E-state index in [1.807, 2.05) is 18.2 Å². The molecule has 22 heavy (non-hydrogen) atoms. The summed E-state index contributed by atoms with van der Waals surface area (Å²) >= 11 is 0. The molecule has 2 amide bonds. The third-order valence-electron chi connectivity index (χ3n) is 4.08. The summed E-state index contributed by atoms with van der Waals surface area (Å²) in [7, 11) is 0. The number of rotatable bonds is 4. The molecular formula is C16H21N3O3. The second-order valence-corrected chi connectivity index (χ2v) is 5.56. The van der Waals surface area contributed by atoms with E-state index in [1.54, 1.807) is 11.0 Å². The van der Waals surface area contributed by atoms with Gasteiger partial charge >= 0.3 is 0 Å². The smallest absolute Gasteiger partial charge is 0.254 e. The van der Waals surface area contributed by atoms with E-state index >= 15 is 0 Å². The van der Waals surface area contributed by atoms with Crippen molar-refractivity contribution in [3.05, 3.63) is 29.8 Å². The Morgan fingerprint density at radius 3 is 2.68 bits per heavy atom. The Kier molecular flexibility index (Phi) is 4.70. The van der Waals surface area contributed by atoms with E-state index in [0.29, 0.717) is 44.1 Å². The van der Waals surface area contributed by atoms with Gasteiger partial charge in [-0.2, -0.15) is 0 Å². The number of ether oxygens (including phenoxy) is 1. The molecule has 6 heteroatoms. The summed E-state index contributed by atoms with van der Waals surface area (Å²) in [5, 5.41) is 2.94. The number of anilines is 1. The maximum Gasteiger partial charge on any atom is 0.254 e. The summed E-state index contributed by atoms with van der Waals surface area (Å²) in [6.07, 6.45) is 1.41. The van der Waals surface area contributed by atoms with Gasteiger partial charge in [-0.15, -0.1) is 0 Å². The van der Waals surface area contributed by atoms with Crippen LogP contribution in [0.3, 0.4) is 0 Å². The number of nitrogens with zero attached hydrogens (tertiary/aromatic N) is 2. The standard InChI is InChI=1S/C16H21N3O3/c20-15-6-3-7-19(15)14-5-2-1-4-13(14)16(21)17-12-18-8-10-22-11-9-18/h1-2,4-5H,3,6-12H2,(H,17,21). The normalized spacial score (nSPS) is 19.5. The van der Waals surface area contributed by atoms with Gasteiger partial charge in [-0.1, -0.05) is 12.1 Å². The summed E-state index contributed by atoms with van der Waals surface area (Å²) in [6, 6.07) is 7.30. The first-order valence-corrected chi connectivity index (χ1v) is 7.73. The Morgan fingerprint density at radius 2 is 1.95 bits per heavy atom. The summed E-state index contributed by atoms with van der Waals surface area (Å²) in [4.78, 5) is 28.2. The molecule has 2 aliphatic rings. The van der Waals surface area contributed by atoms with E-state index in [-0.39, 0.29) is 11.8 Å². The molecule has 2 aliphatic heterocycles. The number of hydrogen-bond acceptors (Lipinski definition) is 4. The molecule has 2 saturated heterocycles. The molecule has 0 aliphatic carbocycles. The summed E-state index contributed by atoms with van der Waals surface area (Å²) in [5.74, 6) is -0.0461. The molecule has 6 nitrogen and oxygen atoms in total. The molecule has 2 fully saturated rings. The molecule has 1 aromatic rings. The molecular weight excluding hydrogens is 282 g/mol. The van der Waals surface area contributed by atoms with Crippen molar-refractivity contribution < 1.29 is 14.3 Å². The maximum atomic E-state index is 12.5. The SMILES string of the molecule is O=C(NCN1CCOCC1)c1ccccc1N1CCCC1=O. The van der Waals surface area contributed by atoms with Gasteiger partial charge in [0.15, 0.2) is 0 Å². The van der Waals surface area contributed by atoms with E-state index in [9.17, 15) is 9.59 Å². The van der Waals surface area contributed by atoms with Gasteiger partial charge < -0.3 is 15.0 Å². The molecule has 1 aromatic carbocycles. The largest absolute Gasteiger partial charge is 0.379 e. The molecule has 3 rings (SSSR count). The number of benzene rings is 1. The fourth-order valence-corrected chi connectivity index (χ4v) is 2.84. The van der Waals surface area contributed by atoms with E-state index in [2.05, 4.69) is 10.2 Å². The lowest BCUT2D eigenvalue weighted by Crippen LogP contribution is -2.44. The average molecular weight is 303 g/mol. The Balaban J connectivity index is 1.68. The van der Waals surface area contributed by atoms with Gasteiger partial charge in [0.25, 0.3) is 5.91 Å². The summed E-state index contributed by atoms with van der Waals surface area (Å²) in [5.41, 5.74) is 1.27. The molecule has 0 atom stereocenters. The van der Waals surface area contributed by atoms with Gasteiger partial charge in [0.05, 0.1) is 31.1 Å². The minimum Gasteiger partial charge on any atom is -0.379 e. The van der Waals surface area contributed by atoms with Gasteiger partial charge in [0.2, 0.25) is 5.91 Å². The summed E-state index contributed by atoms with van der Waals surface area (Å²) in [6.45, 7) is 4.25. The predicted octanol–water partition coefficient (Wildman–Crippen LogP) is 0.833. The van der Waals surface area contributed by atoms with Crippen LogP contribution in [0.5, 0.6) is 0 Å². The summed E-state index contributed by atoms with van der Waals surface area (Å²) < 4.78 is 5.29. The Bertz CT molecular complexity index is 555. The Morgan fingerprint density at radius 1 is 1.18 bits per heavy atom. The quantitative estimate of drug-likeness (QED) is 0.895. The van der Waals surface area contributed by atoms with Crippen molar-refractivity contribution in [1.82, 2.24) is 10.2 Å². The molecule has 1 N–H and O–H groups in total. The molecule has 0 radical (unpaired) electrons. The minimum absolute atomic E-state index is 0.0911. The van der Waals surface area contributed by atoms with Gasteiger partial charge in [0.1, 0.15) is 0 Å². The number of amides is 2. The first-order valence-electron chi connectivity index (χ1n) is 7.73. The van der Waals surface area contributed by atoms with Gasteiger partial charge in [-0.05, 0) is 18.6 Å². The molecule has 2 heterocycles. The van der Waals surface area contributed by atoms with Crippen LogP contribution in [0.1, 0.15) is 23.2 Å². The van der Waals surface area contributed by atoms with Crippen molar-refractivity contribution in [2.24, 2.45) is 0 Å². The van der Waals surface area contributed by atoms with E-state index < -0.39 is 0 Å². The molecule has 0 aromatic heterocycles. The molecule has 118 valence electrons. The zero-order valence-corrected chi connectivity index (χ0v) is 12.6. The van der Waals surface area contributed by atoms with E-state index in [1.165, 1.54) is 0 Å². The van der Waals surface area contributed by atoms with Gasteiger partial charge in [-0.25, -0.2) is 0 Å². The van der Waals surface area contributed by atoms with Crippen molar-refractivity contribution >= 4 is 17.5 Å². The molecule has 0 bridgehead atoms. The zero-order valence-electron chi connectivity index (χ0n) is 12.6. The number of hydrogen-bond donors (Lipinski definition) is 1. The average Bonchev–Trinajstić information content (AvgIpc) is 2.99. The van der Waals surface area contributed by atoms with Crippen LogP contribution in [0.2, 0.25) is 0 Å². The zero-order chi connectivity index (χ0) is 15.4. The highest BCUT2D eigenvalue weighted by Gasteiger charge is 2.25. The molecule has 0 spiro atoms. The van der Waals surface area contributed by atoms with Crippen LogP contribution in [-0.4, -0.2) is 56.2 Å². The highest BCUT2D eigenvalue weighted by Crippen LogP contribution is 2.25. The van der Waals surface area contributed by atoms with Crippen molar-refractivity contribution in [3.63, 3.8) is 0 Å². The van der Waals surface area contributed by atoms with Gasteiger partial charge in [-0.3, -0.25) is 14.5 Å². The lowest BCUT2D eigenvalue weighted by Gasteiger charge is -2.27. The fraction of sp³-hybridized carbons (Fsp3) is 0.500. The third kappa shape index (κ3) is 3.28. The van der Waals surface area contributed by atoms with Crippen molar-refractivity contribution in [2.45, 2.75) is 12.8 Å². The third-order valence-corrected chi connectivity index (χ3v) is 4.08. The number of para-hydroxylation sites is 1. The van der Waals surface area contributed by atoms with Gasteiger partial charge in [0, 0.05) is 26.1 Å². The number of morpholine rings is 1. The van der Waals surface area contributed by atoms with Crippen LogP contribution in [-0.2, 0) is 9.53 Å². The van der Waals surface area contributed by atoms with Crippen molar-refractivity contribution in [1.29, 1.82) is 0 Å². The van der Waals surface area contributed by atoms with E-state index in [4.69, 9.17) is 4.74 Å². The predicted molar refractivity (Wildman–Crippen MR) is 82.8 cm³/mol. The number of carbonyl (C=O) groups is 2. The first-order chi connectivity index (χ1) is 10.8. The van der Waals surface area contributed by atoms with Crippen LogP contribution >= 0.6 is 0 Å². The number of carbonyl (C=O) groups excluding carboxylic acids is 2. The number of nitrogens with one attached hydrogen (secondary N) is 1. The topological polar surface area (TPSA) is 61.9 Å². The monoisotopic (exact) mass is 303 g/mol. The highest BCUT2D eigenvalue weighted by atomic mass is 16.5. The van der Waals surface area contributed by atoms with Crippen molar-refractivity contribution in [3.8, 4) is 0 Å². The molecule has 0 unspecified atom stereocenters. The fourth-order valence-electron chi connectivity index (χ4n) is 2.84. The second-order valence-electron chi connectivity index (χ2n) is 5.56. The van der Waals surface area contributed by atoms with Crippen LogP contribution in [0, 0.1) is 0 Å². The van der Waals surface area contributed by atoms with Crippen LogP contribution in [0.15, 0.2) is 24.3 Å². The second kappa shape index (κ2) is 6.89.